The van der Waals surface area contributed by atoms with Crippen molar-refractivity contribution in [3.8, 4) is 0 Å². The van der Waals surface area contributed by atoms with Crippen LogP contribution in [0.3, 0.4) is 0 Å². The minimum absolute atomic E-state index is 0.218. The lowest BCUT2D eigenvalue weighted by Gasteiger charge is -2.16. The highest BCUT2D eigenvalue weighted by molar-refractivity contribution is 7.14. The molecule has 1 atom stereocenters. The third kappa shape index (κ3) is 2.95. The number of nitrogens with one attached hydrogen (secondary N) is 1. The van der Waals surface area contributed by atoms with Crippen molar-refractivity contribution in [1.29, 1.82) is 0 Å². The van der Waals surface area contributed by atoms with Gasteiger partial charge in [0.1, 0.15) is 0 Å². The maximum atomic E-state index is 6.09. The first kappa shape index (κ1) is 12.7. The number of halogens is 2. The number of rotatable bonds is 3. The van der Waals surface area contributed by atoms with Gasteiger partial charge in [0.2, 0.25) is 0 Å². The van der Waals surface area contributed by atoms with E-state index in [1.54, 1.807) is 11.3 Å². The Bertz CT molecular complexity index is 522. The lowest BCUT2D eigenvalue weighted by molar-refractivity contribution is 0.888. The Morgan fingerprint density at radius 3 is 2.71 bits per heavy atom. The zero-order valence-corrected chi connectivity index (χ0v) is 12.0. The van der Waals surface area contributed by atoms with Gasteiger partial charge in [0.15, 0.2) is 0 Å². The second-order valence-corrected chi connectivity index (χ2v) is 5.91. The summed E-state index contributed by atoms with van der Waals surface area (Å²) in [5.74, 6) is 0. The largest absolute Gasteiger partial charge is 0.378 e. The van der Waals surface area contributed by atoms with Crippen LogP contribution >= 0.6 is 34.5 Å². The molecule has 0 aliphatic rings. The zero-order chi connectivity index (χ0) is 12.4. The third-order valence-electron chi connectivity index (χ3n) is 2.73. The van der Waals surface area contributed by atoms with Crippen LogP contribution in [0, 0.1) is 6.92 Å². The molecule has 0 fully saturated rings. The molecule has 1 nitrogen and oxygen atoms in total. The van der Waals surface area contributed by atoms with Crippen molar-refractivity contribution in [2.45, 2.75) is 19.9 Å². The van der Waals surface area contributed by atoms with E-state index in [1.165, 1.54) is 5.56 Å². The van der Waals surface area contributed by atoms with Gasteiger partial charge in [-0.1, -0.05) is 29.3 Å². The lowest BCUT2D eigenvalue weighted by atomic mass is 10.1. The molecule has 1 unspecified atom stereocenters. The summed E-state index contributed by atoms with van der Waals surface area (Å²) in [5.41, 5.74) is 3.33. The Morgan fingerprint density at radius 2 is 2.06 bits per heavy atom. The molecular formula is C13H13Cl2NS. The quantitative estimate of drug-likeness (QED) is 0.781. The van der Waals surface area contributed by atoms with E-state index in [-0.39, 0.29) is 6.04 Å². The molecule has 0 radical (unpaired) electrons. The molecule has 1 N–H and O–H groups in total. The van der Waals surface area contributed by atoms with Gasteiger partial charge >= 0.3 is 0 Å². The molecule has 4 heteroatoms. The number of thiophene rings is 1. The molecule has 0 aliphatic carbocycles. The summed E-state index contributed by atoms with van der Waals surface area (Å²) in [5, 5.41) is 6.30. The Kier molecular flexibility index (Phi) is 3.97. The normalized spacial score (nSPS) is 12.5. The molecule has 1 aromatic heterocycles. The fourth-order valence-electron chi connectivity index (χ4n) is 1.63. The molecule has 17 heavy (non-hydrogen) atoms. The summed E-state index contributed by atoms with van der Waals surface area (Å²) in [6.07, 6.45) is 0. The summed E-state index contributed by atoms with van der Waals surface area (Å²) < 4.78 is 0.816. The number of hydrogen-bond donors (Lipinski definition) is 1. The summed E-state index contributed by atoms with van der Waals surface area (Å²) >= 11 is 13.6. The summed E-state index contributed by atoms with van der Waals surface area (Å²) in [4.78, 5) is 0. The van der Waals surface area contributed by atoms with Gasteiger partial charge in [-0.2, -0.15) is 0 Å². The van der Waals surface area contributed by atoms with E-state index in [4.69, 9.17) is 23.2 Å². The van der Waals surface area contributed by atoms with E-state index < -0.39 is 0 Å². The molecule has 2 aromatic rings. The van der Waals surface area contributed by atoms with Gasteiger partial charge in [-0.3, -0.25) is 0 Å². The average molecular weight is 286 g/mol. The number of benzene rings is 1. The van der Waals surface area contributed by atoms with Crippen molar-refractivity contribution in [1.82, 2.24) is 0 Å². The van der Waals surface area contributed by atoms with Gasteiger partial charge in [-0.25, -0.2) is 0 Å². The molecule has 1 aromatic carbocycles. The first-order chi connectivity index (χ1) is 8.08. The molecule has 1 heterocycles. The van der Waals surface area contributed by atoms with E-state index in [9.17, 15) is 0 Å². The van der Waals surface area contributed by atoms with Crippen molar-refractivity contribution < 1.29 is 0 Å². The topological polar surface area (TPSA) is 12.0 Å². The molecule has 0 aliphatic heterocycles. The summed E-state index contributed by atoms with van der Waals surface area (Å²) in [6.45, 7) is 4.12. The second-order valence-electron chi connectivity index (χ2n) is 3.96. The molecule has 0 saturated carbocycles. The molecule has 0 saturated heterocycles. The van der Waals surface area contributed by atoms with E-state index >= 15 is 0 Å². The summed E-state index contributed by atoms with van der Waals surface area (Å²) in [6, 6.07) is 8.09. The highest BCUT2D eigenvalue weighted by atomic mass is 35.5. The Hall–Kier alpha value is -0.700. The first-order valence-corrected chi connectivity index (χ1v) is 6.97. The maximum Gasteiger partial charge on any atom is 0.0931 e. The predicted molar refractivity (Wildman–Crippen MR) is 77.6 cm³/mol. The highest BCUT2D eigenvalue weighted by Crippen LogP contribution is 2.29. The molecule has 0 spiro atoms. The van der Waals surface area contributed by atoms with Crippen LogP contribution in [-0.4, -0.2) is 0 Å². The highest BCUT2D eigenvalue weighted by Gasteiger charge is 2.09. The Balaban J connectivity index is 2.18. The zero-order valence-electron chi connectivity index (χ0n) is 9.63. The molecule has 2 rings (SSSR count). The Labute approximate surface area is 115 Å². The molecule has 0 bridgehead atoms. The van der Waals surface area contributed by atoms with Crippen LogP contribution in [-0.2, 0) is 0 Å². The fraction of sp³-hybridized carbons (Fsp3) is 0.231. The van der Waals surface area contributed by atoms with Crippen LogP contribution in [0.4, 0.5) is 5.69 Å². The van der Waals surface area contributed by atoms with E-state index in [2.05, 4.69) is 17.6 Å². The van der Waals surface area contributed by atoms with Crippen LogP contribution in [0.15, 0.2) is 29.6 Å². The standard InChI is InChI=1S/C13H13Cl2NS/c1-8-11(14)4-3-5-12(8)16-9(2)10-6-13(15)17-7-10/h3-7,9,16H,1-2H3. The van der Waals surface area contributed by atoms with Crippen molar-refractivity contribution in [3.63, 3.8) is 0 Å². The van der Waals surface area contributed by atoms with Crippen molar-refractivity contribution in [3.05, 3.63) is 50.1 Å². The first-order valence-electron chi connectivity index (χ1n) is 5.33. The van der Waals surface area contributed by atoms with Gasteiger partial charge in [0.05, 0.1) is 4.34 Å². The smallest absolute Gasteiger partial charge is 0.0931 e. The number of anilines is 1. The van der Waals surface area contributed by atoms with Crippen LogP contribution in [0.2, 0.25) is 9.36 Å². The van der Waals surface area contributed by atoms with Crippen molar-refractivity contribution in [2.24, 2.45) is 0 Å². The summed E-state index contributed by atoms with van der Waals surface area (Å²) in [7, 11) is 0. The van der Waals surface area contributed by atoms with Gasteiger partial charge in [0, 0.05) is 16.8 Å². The molecular weight excluding hydrogens is 273 g/mol. The molecule has 0 amide bonds. The molecule has 90 valence electrons. The predicted octanol–water partition coefficient (Wildman–Crippen LogP) is 5.54. The fourth-order valence-corrected chi connectivity index (χ4v) is 2.79. The lowest BCUT2D eigenvalue weighted by Crippen LogP contribution is -2.06. The monoisotopic (exact) mass is 285 g/mol. The van der Waals surface area contributed by atoms with Crippen LogP contribution in [0.25, 0.3) is 0 Å². The van der Waals surface area contributed by atoms with Crippen molar-refractivity contribution in [2.75, 3.05) is 5.32 Å². The Morgan fingerprint density at radius 1 is 1.29 bits per heavy atom. The average Bonchev–Trinajstić information content (AvgIpc) is 2.72. The van der Waals surface area contributed by atoms with Gasteiger partial charge < -0.3 is 5.32 Å². The van der Waals surface area contributed by atoms with E-state index in [0.717, 1.165) is 20.6 Å². The SMILES string of the molecule is Cc1c(Cl)cccc1NC(C)c1csc(Cl)c1. The second kappa shape index (κ2) is 5.30. The van der Waals surface area contributed by atoms with Crippen LogP contribution in [0.1, 0.15) is 24.1 Å². The van der Waals surface area contributed by atoms with Gasteiger partial charge in [0.25, 0.3) is 0 Å². The van der Waals surface area contributed by atoms with Crippen LogP contribution < -0.4 is 5.32 Å². The number of hydrogen-bond acceptors (Lipinski definition) is 2. The van der Waals surface area contributed by atoms with E-state index in [0.29, 0.717) is 0 Å². The maximum absolute atomic E-state index is 6.09. The third-order valence-corrected chi connectivity index (χ3v) is 4.25. The van der Waals surface area contributed by atoms with Gasteiger partial charge in [-0.15, -0.1) is 11.3 Å². The van der Waals surface area contributed by atoms with E-state index in [1.807, 2.05) is 31.2 Å². The van der Waals surface area contributed by atoms with Crippen LogP contribution in [0.5, 0.6) is 0 Å². The van der Waals surface area contributed by atoms with Gasteiger partial charge in [-0.05, 0) is 48.6 Å². The minimum atomic E-state index is 0.218. The van der Waals surface area contributed by atoms with Crippen molar-refractivity contribution >= 4 is 40.2 Å². The minimum Gasteiger partial charge on any atom is -0.378 e.